The highest BCUT2D eigenvalue weighted by Crippen LogP contribution is 2.28. The molecule has 0 saturated heterocycles. The van der Waals surface area contributed by atoms with E-state index in [1.54, 1.807) is 24.3 Å². The Labute approximate surface area is 175 Å². The molecule has 8 heteroatoms. The zero-order valence-corrected chi connectivity index (χ0v) is 18.0. The summed E-state index contributed by atoms with van der Waals surface area (Å²) in [5.41, 5.74) is 5.93. The number of hydrogen-bond acceptors (Lipinski definition) is 4. The maximum Gasteiger partial charge on any atom is 0.263 e. The minimum atomic E-state index is -3.55. The molecule has 0 radical (unpaired) electrons. The van der Waals surface area contributed by atoms with Gasteiger partial charge in [0.2, 0.25) is 5.91 Å². The maximum atomic E-state index is 12.5. The van der Waals surface area contributed by atoms with Gasteiger partial charge in [-0.25, -0.2) is 8.42 Å². The first-order valence-electron chi connectivity index (χ1n) is 9.78. The molecular weight excluding hydrogens is 400 g/mol. The molecule has 1 aliphatic heterocycles. The van der Waals surface area contributed by atoms with Crippen molar-refractivity contribution >= 4 is 32.7 Å². The third kappa shape index (κ3) is 3.59. The molecule has 0 aliphatic carbocycles. The number of fused-ring (bicyclic) bond motifs is 2. The highest BCUT2D eigenvalue weighted by atomic mass is 32.2. The number of benzene rings is 2. The number of carbonyl (C=O) groups is 1. The van der Waals surface area contributed by atoms with Crippen LogP contribution in [0.25, 0.3) is 10.9 Å². The van der Waals surface area contributed by atoms with Crippen LogP contribution in [0, 0.1) is 20.8 Å². The number of sulfonamides is 1. The van der Waals surface area contributed by atoms with Gasteiger partial charge in [-0.05, 0) is 49.6 Å². The zero-order valence-electron chi connectivity index (χ0n) is 17.2. The van der Waals surface area contributed by atoms with Crippen LogP contribution in [-0.2, 0) is 21.2 Å². The summed E-state index contributed by atoms with van der Waals surface area (Å²) in [5.74, 6) is 0.228. The van der Waals surface area contributed by atoms with Gasteiger partial charge in [-0.15, -0.1) is 0 Å². The van der Waals surface area contributed by atoms with E-state index in [-0.39, 0.29) is 23.8 Å². The van der Waals surface area contributed by atoms with Crippen molar-refractivity contribution in [1.29, 1.82) is 0 Å². The van der Waals surface area contributed by atoms with Crippen LogP contribution in [0.15, 0.2) is 46.3 Å². The molecule has 156 valence electrons. The Balaban J connectivity index is 1.42. The van der Waals surface area contributed by atoms with Crippen molar-refractivity contribution < 1.29 is 13.2 Å². The first-order chi connectivity index (χ1) is 14.3. The van der Waals surface area contributed by atoms with Gasteiger partial charge in [-0.1, -0.05) is 24.3 Å². The number of nitrogens with zero attached hydrogens (tertiary/aromatic N) is 1. The lowest BCUT2D eigenvalue weighted by Crippen LogP contribution is -2.29. The number of H-pyrrole nitrogens is 1. The summed E-state index contributed by atoms with van der Waals surface area (Å²) >= 11 is 0. The van der Waals surface area contributed by atoms with Crippen LogP contribution < -0.4 is 10.0 Å². The molecule has 0 saturated carbocycles. The van der Waals surface area contributed by atoms with Gasteiger partial charge in [0.05, 0.1) is 17.9 Å². The van der Waals surface area contributed by atoms with Crippen LogP contribution in [-0.4, -0.2) is 38.2 Å². The van der Waals surface area contributed by atoms with Gasteiger partial charge in [0, 0.05) is 28.7 Å². The molecular formula is C22H24N4O3S. The second kappa shape index (κ2) is 7.60. The topological polar surface area (TPSA) is 103 Å². The lowest BCUT2D eigenvalue weighted by Gasteiger charge is -2.06. The molecule has 0 unspecified atom stereocenters. The Morgan fingerprint density at radius 1 is 1.07 bits per heavy atom. The Morgan fingerprint density at radius 2 is 1.80 bits per heavy atom. The summed E-state index contributed by atoms with van der Waals surface area (Å²) in [6, 6.07) is 10.9. The number of aryl methyl sites for hydroxylation is 3. The molecule has 1 amide bonds. The van der Waals surface area contributed by atoms with Gasteiger partial charge in [0.25, 0.3) is 10.0 Å². The smallest absolute Gasteiger partial charge is 0.263 e. The summed E-state index contributed by atoms with van der Waals surface area (Å²) in [4.78, 5) is 20.5. The molecule has 3 N–H and O–H groups in total. The van der Waals surface area contributed by atoms with Crippen LogP contribution >= 0.6 is 0 Å². The molecule has 0 fully saturated rings. The number of nitrogens with one attached hydrogen (secondary N) is 3. The van der Waals surface area contributed by atoms with E-state index in [0.717, 1.165) is 33.3 Å². The Morgan fingerprint density at radius 3 is 2.60 bits per heavy atom. The van der Waals surface area contributed by atoms with Crippen molar-refractivity contribution in [2.45, 2.75) is 32.1 Å². The number of amides is 1. The van der Waals surface area contributed by atoms with Gasteiger partial charge in [0.1, 0.15) is 5.84 Å². The zero-order chi connectivity index (χ0) is 21.5. The highest BCUT2D eigenvalue weighted by molar-refractivity contribution is 7.90. The average molecular weight is 425 g/mol. The fraction of sp³-hybridized carbons (Fsp3) is 0.273. The van der Waals surface area contributed by atoms with E-state index in [1.165, 1.54) is 0 Å². The molecule has 1 aromatic heterocycles. The monoisotopic (exact) mass is 424 g/mol. The molecule has 30 heavy (non-hydrogen) atoms. The normalized spacial score (nSPS) is 15.9. The molecule has 7 nitrogen and oxygen atoms in total. The Kier molecular flexibility index (Phi) is 5.11. The SMILES string of the molecule is Cc1[nH]c2c(C)ccc(C)c2c1CC(=O)NCCN=C1NS(=O)(=O)c2ccccc21. The summed E-state index contributed by atoms with van der Waals surface area (Å²) < 4.78 is 26.7. The summed E-state index contributed by atoms with van der Waals surface area (Å²) in [6.07, 6.45) is 0.280. The highest BCUT2D eigenvalue weighted by Gasteiger charge is 2.29. The quantitative estimate of drug-likeness (QED) is 0.548. The van der Waals surface area contributed by atoms with Crippen molar-refractivity contribution in [2.75, 3.05) is 13.1 Å². The van der Waals surface area contributed by atoms with E-state index in [1.807, 2.05) is 13.8 Å². The average Bonchev–Trinajstić information content (AvgIpc) is 3.17. The van der Waals surface area contributed by atoms with Crippen molar-refractivity contribution in [1.82, 2.24) is 15.0 Å². The Hall–Kier alpha value is -3.13. The number of rotatable bonds is 5. The number of hydrogen-bond donors (Lipinski definition) is 3. The third-order valence-corrected chi connectivity index (χ3v) is 6.79. The largest absolute Gasteiger partial charge is 0.358 e. The van der Waals surface area contributed by atoms with Crippen LogP contribution in [0.3, 0.4) is 0 Å². The number of aromatic amines is 1. The van der Waals surface area contributed by atoms with Gasteiger partial charge in [0.15, 0.2) is 0 Å². The van der Waals surface area contributed by atoms with E-state index >= 15 is 0 Å². The fourth-order valence-corrected chi connectivity index (χ4v) is 5.12. The van der Waals surface area contributed by atoms with Crippen LogP contribution in [0.2, 0.25) is 0 Å². The van der Waals surface area contributed by atoms with E-state index in [9.17, 15) is 13.2 Å². The predicted octanol–water partition coefficient (Wildman–Crippen LogP) is 2.49. The predicted molar refractivity (Wildman–Crippen MR) is 117 cm³/mol. The van der Waals surface area contributed by atoms with Gasteiger partial charge in [-0.3, -0.25) is 14.5 Å². The van der Waals surface area contributed by atoms with Gasteiger partial charge < -0.3 is 10.3 Å². The molecule has 2 aromatic carbocycles. The molecule has 1 aliphatic rings. The lowest BCUT2D eigenvalue weighted by atomic mass is 10.0. The number of amidine groups is 1. The summed E-state index contributed by atoms with van der Waals surface area (Å²) in [6.45, 7) is 6.69. The maximum absolute atomic E-state index is 12.5. The Bertz CT molecular complexity index is 1290. The second-order valence-corrected chi connectivity index (χ2v) is 9.19. The van der Waals surface area contributed by atoms with Gasteiger partial charge >= 0.3 is 0 Å². The second-order valence-electron chi connectivity index (χ2n) is 7.54. The van der Waals surface area contributed by atoms with Crippen molar-refractivity contribution in [2.24, 2.45) is 4.99 Å². The van der Waals surface area contributed by atoms with E-state index < -0.39 is 10.0 Å². The minimum Gasteiger partial charge on any atom is -0.358 e. The molecule has 3 aromatic rings. The van der Waals surface area contributed by atoms with Gasteiger partial charge in [-0.2, -0.15) is 0 Å². The third-order valence-electron chi connectivity index (χ3n) is 5.39. The number of carbonyl (C=O) groups excluding carboxylic acids is 1. The molecule has 4 rings (SSSR count). The van der Waals surface area contributed by atoms with Crippen molar-refractivity contribution in [3.8, 4) is 0 Å². The minimum absolute atomic E-state index is 0.0903. The molecule has 2 heterocycles. The molecule has 0 spiro atoms. The van der Waals surface area contributed by atoms with Crippen LogP contribution in [0.4, 0.5) is 0 Å². The lowest BCUT2D eigenvalue weighted by molar-refractivity contribution is -0.120. The molecule has 0 bridgehead atoms. The summed E-state index contributed by atoms with van der Waals surface area (Å²) in [7, 11) is -3.55. The van der Waals surface area contributed by atoms with E-state index in [2.05, 4.69) is 39.1 Å². The first-order valence-corrected chi connectivity index (χ1v) is 11.3. The first kappa shape index (κ1) is 20.2. The fourth-order valence-electron chi connectivity index (χ4n) is 3.87. The van der Waals surface area contributed by atoms with Crippen molar-refractivity contribution in [3.63, 3.8) is 0 Å². The van der Waals surface area contributed by atoms with E-state index in [4.69, 9.17) is 0 Å². The molecule has 0 atom stereocenters. The number of aromatic nitrogens is 1. The standard InChI is InChI=1S/C22H24N4O3S/c1-13-8-9-14(2)21-20(13)17(15(3)25-21)12-19(27)23-10-11-24-22-16-6-4-5-7-18(16)30(28,29)26-22/h4-9,25H,10-12H2,1-3H3,(H,23,27)(H,24,26). The number of aliphatic imine (C=N–C) groups is 1. The van der Waals surface area contributed by atoms with Crippen molar-refractivity contribution in [3.05, 3.63) is 64.3 Å². The van der Waals surface area contributed by atoms with Crippen LogP contribution in [0.1, 0.15) is 27.9 Å². The summed E-state index contributed by atoms with van der Waals surface area (Å²) in [5, 5.41) is 3.99. The van der Waals surface area contributed by atoms with E-state index in [0.29, 0.717) is 17.9 Å². The van der Waals surface area contributed by atoms with Crippen LogP contribution in [0.5, 0.6) is 0 Å².